The molecule has 0 saturated heterocycles. The summed E-state index contributed by atoms with van der Waals surface area (Å²) in [5, 5.41) is 22.4. The molecular weight excluding hydrogens is 460 g/mol. The van der Waals surface area contributed by atoms with Gasteiger partial charge >= 0.3 is 0 Å². The van der Waals surface area contributed by atoms with Crippen molar-refractivity contribution in [3.05, 3.63) is 70.0 Å². The average molecular weight is 487 g/mol. The first-order valence-electron chi connectivity index (χ1n) is 11.8. The van der Waals surface area contributed by atoms with Crippen LogP contribution in [0.15, 0.2) is 58.5 Å². The number of hydrogen-bond acceptors (Lipinski definition) is 6. The van der Waals surface area contributed by atoms with Crippen molar-refractivity contribution in [2.75, 3.05) is 5.75 Å². The Morgan fingerprint density at radius 1 is 1.11 bits per heavy atom. The number of para-hydroxylation sites is 1. The van der Waals surface area contributed by atoms with Crippen LogP contribution in [0.3, 0.4) is 0 Å². The van der Waals surface area contributed by atoms with Gasteiger partial charge in [-0.2, -0.15) is 5.26 Å². The minimum absolute atomic E-state index is 0.107. The molecule has 178 valence electrons. The molecule has 1 saturated carbocycles. The van der Waals surface area contributed by atoms with Crippen molar-refractivity contribution in [2.45, 2.75) is 56.3 Å². The molecular formula is C26H26N6O2S. The quantitative estimate of drug-likeness (QED) is 0.415. The topological polar surface area (TPSA) is 105 Å². The Hall–Kier alpha value is -3.64. The van der Waals surface area contributed by atoms with Gasteiger partial charge in [0.05, 0.1) is 29.3 Å². The Morgan fingerprint density at radius 2 is 1.86 bits per heavy atom. The van der Waals surface area contributed by atoms with E-state index in [1.54, 1.807) is 10.6 Å². The van der Waals surface area contributed by atoms with E-state index in [-0.39, 0.29) is 17.2 Å². The van der Waals surface area contributed by atoms with Gasteiger partial charge in [0.25, 0.3) is 5.56 Å². The van der Waals surface area contributed by atoms with E-state index in [1.165, 1.54) is 11.8 Å². The number of thioether (sulfide) groups is 1. The van der Waals surface area contributed by atoms with Gasteiger partial charge in [0, 0.05) is 0 Å². The van der Waals surface area contributed by atoms with Gasteiger partial charge in [-0.15, -0.1) is 10.2 Å². The summed E-state index contributed by atoms with van der Waals surface area (Å²) in [7, 11) is 0. The maximum Gasteiger partial charge on any atom is 0.263 e. The number of nitriles is 1. The number of hydrogen-bond donors (Lipinski definition) is 1. The van der Waals surface area contributed by atoms with Crippen LogP contribution in [-0.4, -0.2) is 36.4 Å². The lowest BCUT2D eigenvalue weighted by molar-refractivity contribution is -0.120. The van der Waals surface area contributed by atoms with Gasteiger partial charge in [-0.25, -0.2) is 0 Å². The number of rotatable bonds is 6. The maximum absolute atomic E-state index is 13.4. The molecule has 1 aliphatic rings. The first kappa shape index (κ1) is 23.1. The van der Waals surface area contributed by atoms with Crippen molar-refractivity contribution < 1.29 is 4.79 Å². The fourth-order valence-electron chi connectivity index (χ4n) is 4.70. The van der Waals surface area contributed by atoms with Gasteiger partial charge in [0.2, 0.25) is 11.7 Å². The number of nitrogens with one attached hydrogen (secondary N) is 1. The van der Waals surface area contributed by atoms with Crippen molar-refractivity contribution in [3.8, 4) is 6.07 Å². The Kier molecular flexibility index (Phi) is 6.31. The predicted octanol–water partition coefficient (Wildman–Crippen LogP) is 3.84. The number of amides is 1. The zero-order chi connectivity index (χ0) is 24.4. The van der Waals surface area contributed by atoms with Crippen LogP contribution >= 0.6 is 11.8 Å². The molecule has 9 heteroatoms. The van der Waals surface area contributed by atoms with E-state index in [0.29, 0.717) is 41.2 Å². The highest BCUT2D eigenvalue weighted by Crippen LogP contribution is 2.28. The van der Waals surface area contributed by atoms with Crippen LogP contribution in [0.1, 0.15) is 43.2 Å². The Bertz CT molecular complexity index is 1490. The summed E-state index contributed by atoms with van der Waals surface area (Å²) in [4.78, 5) is 26.1. The molecule has 0 aliphatic heterocycles. The molecule has 2 aromatic heterocycles. The minimum atomic E-state index is -0.774. The molecule has 2 aromatic carbocycles. The van der Waals surface area contributed by atoms with Crippen LogP contribution in [-0.2, 0) is 11.3 Å². The molecule has 8 nitrogen and oxygen atoms in total. The van der Waals surface area contributed by atoms with Crippen molar-refractivity contribution in [2.24, 2.45) is 0 Å². The summed E-state index contributed by atoms with van der Waals surface area (Å²) < 4.78 is 3.46. The molecule has 4 aromatic rings. The van der Waals surface area contributed by atoms with Gasteiger partial charge in [-0.1, -0.05) is 73.0 Å². The number of benzene rings is 2. The molecule has 1 fully saturated rings. The van der Waals surface area contributed by atoms with Crippen LogP contribution in [0.4, 0.5) is 0 Å². The van der Waals surface area contributed by atoms with Crippen molar-refractivity contribution in [1.82, 2.24) is 24.5 Å². The largest absolute Gasteiger partial charge is 0.337 e. The Morgan fingerprint density at radius 3 is 2.60 bits per heavy atom. The molecule has 0 radical (unpaired) electrons. The molecule has 1 N–H and O–H groups in total. The normalized spacial score (nSPS) is 15.2. The molecule has 1 aliphatic carbocycles. The van der Waals surface area contributed by atoms with Crippen LogP contribution in [0.25, 0.3) is 16.7 Å². The molecule has 0 atom stereocenters. The summed E-state index contributed by atoms with van der Waals surface area (Å²) in [5.41, 5.74) is 1.92. The fraction of sp³-hybridized carbons (Fsp3) is 0.346. The highest BCUT2D eigenvalue weighted by atomic mass is 32.2. The van der Waals surface area contributed by atoms with E-state index >= 15 is 0 Å². The van der Waals surface area contributed by atoms with Crippen LogP contribution < -0.4 is 10.9 Å². The van der Waals surface area contributed by atoms with Crippen molar-refractivity contribution in [1.29, 1.82) is 5.26 Å². The zero-order valence-corrected chi connectivity index (χ0v) is 20.3. The lowest BCUT2D eigenvalue weighted by atomic mass is 9.83. The third kappa shape index (κ3) is 4.54. The number of carbonyl (C=O) groups is 1. The summed E-state index contributed by atoms with van der Waals surface area (Å²) in [6.07, 6.45) is 4.35. The molecule has 0 unspecified atom stereocenters. The van der Waals surface area contributed by atoms with Crippen LogP contribution in [0.5, 0.6) is 0 Å². The fourth-order valence-corrected chi connectivity index (χ4v) is 5.44. The van der Waals surface area contributed by atoms with E-state index < -0.39 is 5.54 Å². The summed E-state index contributed by atoms with van der Waals surface area (Å²) in [6.45, 7) is 2.39. The highest BCUT2D eigenvalue weighted by Gasteiger charge is 2.33. The highest BCUT2D eigenvalue weighted by molar-refractivity contribution is 7.99. The molecule has 0 spiro atoms. The molecule has 1 amide bonds. The second kappa shape index (κ2) is 9.55. The van der Waals surface area contributed by atoms with E-state index in [4.69, 9.17) is 0 Å². The lowest BCUT2D eigenvalue weighted by Gasteiger charge is -2.31. The maximum atomic E-state index is 13.4. The van der Waals surface area contributed by atoms with E-state index in [1.807, 2.05) is 53.8 Å². The van der Waals surface area contributed by atoms with Gasteiger partial charge in [0.15, 0.2) is 5.16 Å². The average Bonchev–Trinajstić information content (AvgIpc) is 3.31. The van der Waals surface area contributed by atoms with Crippen LogP contribution in [0, 0.1) is 18.3 Å². The first-order chi connectivity index (χ1) is 17.0. The monoisotopic (exact) mass is 486 g/mol. The van der Waals surface area contributed by atoms with Gasteiger partial charge < -0.3 is 5.32 Å². The minimum Gasteiger partial charge on any atom is -0.337 e. The first-order valence-corrected chi connectivity index (χ1v) is 12.8. The third-order valence-electron chi connectivity index (χ3n) is 6.57. The number of fused-ring (bicyclic) bond motifs is 3. The van der Waals surface area contributed by atoms with Crippen molar-refractivity contribution >= 4 is 34.3 Å². The summed E-state index contributed by atoms with van der Waals surface area (Å²) in [6, 6.07) is 17.7. The number of nitrogens with zero attached hydrogens (tertiary/aromatic N) is 5. The van der Waals surface area contributed by atoms with Gasteiger partial charge in [-0.3, -0.25) is 18.6 Å². The predicted molar refractivity (Wildman–Crippen MR) is 135 cm³/mol. The smallest absolute Gasteiger partial charge is 0.263 e. The van der Waals surface area contributed by atoms with Crippen molar-refractivity contribution in [3.63, 3.8) is 0 Å². The molecule has 2 heterocycles. The SMILES string of the molecule is Cc1ccc(Cn2c(=O)c3ccccc3n3c(SCC(=O)NC4(C#N)CCCCC4)nnc23)cc1. The van der Waals surface area contributed by atoms with E-state index in [0.717, 1.165) is 30.4 Å². The lowest BCUT2D eigenvalue weighted by Crippen LogP contribution is -2.49. The number of aryl methyl sites for hydroxylation is 1. The van der Waals surface area contributed by atoms with Gasteiger partial charge in [-0.05, 0) is 37.5 Å². The molecule has 35 heavy (non-hydrogen) atoms. The second-order valence-electron chi connectivity index (χ2n) is 9.10. The third-order valence-corrected chi connectivity index (χ3v) is 7.50. The standard InChI is InChI=1S/C26H26N6O2S/c1-18-9-11-19(12-10-18)15-31-23(34)20-7-3-4-8-21(20)32-24(31)29-30-25(32)35-16-22(33)28-26(17-27)13-5-2-6-14-26/h3-4,7-12H,2,5-6,13-16H2,1H3,(H,28,33). The number of carbonyl (C=O) groups excluding carboxylic acids is 1. The summed E-state index contributed by atoms with van der Waals surface area (Å²) in [5.74, 6) is 0.334. The van der Waals surface area contributed by atoms with Gasteiger partial charge in [0.1, 0.15) is 5.54 Å². The van der Waals surface area contributed by atoms with E-state index in [9.17, 15) is 14.9 Å². The summed E-state index contributed by atoms with van der Waals surface area (Å²) >= 11 is 1.25. The van der Waals surface area contributed by atoms with Crippen LogP contribution in [0.2, 0.25) is 0 Å². The second-order valence-corrected chi connectivity index (χ2v) is 10.0. The zero-order valence-electron chi connectivity index (χ0n) is 19.5. The van der Waals surface area contributed by atoms with E-state index in [2.05, 4.69) is 21.6 Å². The Labute approximate surface area is 207 Å². The number of aromatic nitrogens is 4. The Balaban J connectivity index is 1.47. The molecule has 5 rings (SSSR count). The molecule has 0 bridgehead atoms.